The number of halogens is 1. The molecule has 128 valence electrons. The maximum atomic E-state index is 12.1. The van der Waals surface area contributed by atoms with Crippen LogP contribution in [0.4, 0.5) is 0 Å². The summed E-state index contributed by atoms with van der Waals surface area (Å²) in [4.78, 5) is 19.3. The van der Waals surface area contributed by atoms with Crippen molar-refractivity contribution < 1.29 is 21.9 Å². The summed E-state index contributed by atoms with van der Waals surface area (Å²) in [5.74, 6) is 0.00267. The monoisotopic (exact) mass is 330 g/mol. The van der Waals surface area contributed by atoms with Crippen LogP contribution in [0, 0.1) is 0 Å². The van der Waals surface area contributed by atoms with Gasteiger partial charge in [0.05, 0.1) is 6.42 Å². The summed E-state index contributed by atoms with van der Waals surface area (Å²) in [7, 11) is 4.37. The van der Waals surface area contributed by atoms with Gasteiger partial charge in [-0.3, -0.25) is 4.79 Å². The Morgan fingerprint density at radius 3 is 2.23 bits per heavy atom. The highest BCUT2D eigenvalue weighted by Gasteiger charge is 2.39. The number of ether oxygens (including phenoxy) is 1. The van der Waals surface area contributed by atoms with E-state index in [1.54, 1.807) is 0 Å². The highest BCUT2D eigenvalue weighted by molar-refractivity contribution is 5.69. The molecule has 2 bridgehead atoms. The Labute approximate surface area is 140 Å². The van der Waals surface area contributed by atoms with Gasteiger partial charge in [-0.25, -0.2) is 0 Å². The van der Waals surface area contributed by atoms with Crippen molar-refractivity contribution in [2.75, 3.05) is 46.8 Å². The predicted molar refractivity (Wildman–Crippen MR) is 82.2 cm³/mol. The number of likely N-dealkylation sites (N-methyl/N-ethyl adjacent to an activating group) is 1. The summed E-state index contributed by atoms with van der Waals surface area (Å²) in [5.41, 5.74) is 0. The third-order valence-electron chi connectivity index (χ3n) is 5.58. The standard InChI is InChI=1S/C16H29N3O2.ClH/c1-17-7-9-19(10-8-17)6-5-16(20)21-15-11-13-3-4-14(12-15)18(13)2;/h13-15H,3-12H2,1-2H3;1H/p-1. The summed E-state index contributed by atoms with van der Waals surface area (Å²) in [6.45, 7) is 5.21. The van der Waals surface area contributed by atoms with Crippen LogP contribution < -0.4 is 12.4 Å². The second-order valence-corrected chi connectivity index (χ2v) is 7.03. The Kier molecular flexibility index (Phi) is 6.50. The quantitative estimate of drug-likeness (QED) is 0.547. The molecule has 6 heteroatoms. The first-order valence-electron chi connectivity index (χ1n) is 8.44. The topological polar surface area (TPSA) is 36.0 Å². The number of esters is 1. The average Bonchev–Trinajstić information content (AvgIpc) is 2.69. The third kappa shape index (κ3) is 4.34. The van der Waals surface area contributed by atoms with Crippen LogP contribution in [0.25, 0.3) is 0 Å². The zero-order valence-electron chi connectivity index (χ0n) is 13.8. The lowest BCUT2D eigenvalue weighted by Crippen LogP contribution is -3.00. The van der Waals surface area contributed by atoms with Gasteiger partial charge >= 0.3 is 5.97 Å². The van der Waals surface area contributed by atoms with Gasteiger partial charge < -0.3 is 31.8 Å². The number of fused-ring (bicyclic) bond motifs is 2. The molecule has 0 amide bonds. The molecule has 3 fully saturated rings. The van der Waals surface area contributed by atoms with Gasteiger partial charge in [0.2, 0.25) is 0 Å². The lowest BCUT2D eigenvalue weighted by atomic mass is 10.0. The molecule has 0 aliphatic carbocycles. The van der Waals surface area contributed by atoms with Gasteiger partial charge in [0, 0.05) is 44.8 Å². The van der Waals surface area contributed by atoms with Crippen LogP contribution in [0.15, 0.2) is 0 Å². The minimum atomic E-state index is 0. The molecule has 0 aromatic rings. The zero-order valence-corrected chi connectivity index (χ0v) is 14.6. The molecule has 3 rings (SSSR count). The first kappa shape index (κ1) is 18.0. The van der Waals surface area contributed by atoms with Crippen molar-refractivity contribution in [2.45, 2.75) is 50.3 Å². The Hall–Kier alpha value is -0.360. The van der Waals surface area contributed by atoms with Crippen molar-refractivity contribution >= 4 is 5.97 Å². The fourth-order valence-electron chi connectivity index (χ4n) is 4.02. The number of nitrogens with zero attached hydrogens (tertiary/aromatic N) is 3. The largest absolute Gasteiger partial charge is 1.00 e. The van der Waals surface area contributed by atoms with E-state index in [2.05, 4.69) is 28.8 Å². The maximum absolute atomic E-state index is 12.1. The van der Waals surface area contributed by atoms with E-state index in [1.807, 2.05) is 0 Å². The molecule has 2 unspecified atom stereocenters. The van der Waals surface area contributed by atoms with Gasteiger partial charge in [-0.2, -0.15) is 0 Å². The molecular weight excluding hydrogens is 302 g/mol. The summed E-state index contributed by atoms with van der Waals surface area (Å²) in [6, 6.07) is 1.28. The van der Waals surface area contributed by atoms with Crippen molar-refractivity contribution in [1.29, 1.82) is 0 Å². The number of rotatable bonds is 4. The average molecular weight is 331 g/mol. The summed E-state index contributed by atoms with van der Waals surface area (Å²) >= 11 is 0. The smallest absolute Gasteiger partial charge is 0.307 e. The molecule has 0 N–H and O–H groups in total. The summed E-state index contributed by atoms with van der Waals surface area (Å²) in [6.07, 6.45) is 5.33. The van der Waals surface area contributed by atoms with E-state index in [9.17, 15) is 4.79 Å². The number of carbonyl (C=O) groups is 1. The molecule has 5 nitrogen and oxygen atoms in total. The predicted octanol–water partition coefficient (Wildman–Crippen LogP) is -2.20. The zero-order chi connectivity index (χ0) is 14.8. The van der Waals surface area contributed by atoms with Crippen molar-refractivity contribution in [3.8, 4) is 0 Å². The second kappa shape index (κ2) is 7.95. The summed E-state index contributed by atoms with van der Waals surface area (Å²) < 4.78 is 5.73. The van der Waals surface area contributed by atoms with Gasteiger partial charge in [0.1, 0.15) is 6.10 Å². The van der Waals surface area contributed by atoms with Crippen LogP contribution in [-0.4, -0.2) is 85.7 Å². The SMILES string of the molecule is CN1CCN(CCC(=O)OC2CC3CCC(C2)N3C)CC1.[Cl-]. The fraction of sp³-hybridized carbons (Fsp3) is 0.938. The van der Waals surface area contributed by atoms with Gasteiger partial charge in [-0.1, -0.05) is 0 Å². The number of piperidine rings is 1. The number of hydrogen-bond donors (Lipinski definition) is 0. The number of hydrogen-bond acceptors (Lipinski definition) is 5. The van der Waals surface area contributed by atoms with Crippen LogP contribution in [0.3, 0.4) is 0 Å². The summed E-state index contributed by atoms with van der Waals surface area (Å²) in [5, 5.41) is 0. The van der Waals surface area contributed by atoms with Crippen molar-refractivity contribution in [3.05, 3.63) is 0 Å². The van der Waals surface area contributed by atoms with E-state index in [4.69, 9.17) is 4.74 Å². The van der Waals surface area contributed by atoms with E-state index in [0.717, 1.165) is 45.6 Å². The molecule has 3 saturated heterocycles. The molecule has 0 aromatic carbocycles. The lowest BCUT2D eigenvalue weighted by Gasteiger charge is -2.36. The normalized spacial score (nSPS) is 33.5. The molecule has 0 aromatic heterocycles. The van der Waals surface area contributed by atoms with Crippen molar-refractivity contribution in [2.24, 2.45) is 0 Å². The number of carbonyl (C=O) groups excluding carboxylic acids is 1. The van der Waals surface area contributed by atoms with Crippen molar-refractivity contribution in [1.82, 2.24) is 14.7 Å². The highest BCUT2D eigenvalue weighted by Crippen LogP contribution is 2.35. The molecule has 2 atom stereocenters. The van der Waals surface area contributed by atoms with Gasteiger partial charge in [-0.05, 0) is 39.8 Å². The van der Waals surface area contributed by atoms with Gasteiger partial charge in [-0.15, -0.1) is 0 Å². The second-order valence-electron chi connectivity index (χ2n) is 7.03. The Morgan fingerprint density at radius 1 is 1.05 bits per heavy atom. The molecule has 22 heavy (non-hydrogen) atoms. The molecule has 0 saturated carbocycles. The van der Waals surface area contributed by atoms with E-state index >= 15 is 0 Å². The Bertz CT molecular complexity index is 360. The van der Waals surface area contributed by atoms with Crippen LogP contribution in [0.5, 0.6) is 0 Å². The van der Waals surface area contributed by atoms with Crippen molar-refractivity contribution in [3.63, 3.8) is 0 Å². The minimum absolute atomic E-state index is 0. The fourth-order valence-corrected chi connectivity index (χ4v) is 4.02. The molecule has 3 aliphatic heterocycles. The van der Waals surface area contributed by atoms with E-state index < -0.39 is 0 Å². The molecule has 0 spiro atoms. The maximum Gasteiger partial charge on any atom is 0.307 e. The van der Waals surface area contributed by atoms with Gasteiger partial charge in [0.15, 0.2) is 0 Å². The van der Waals surface area contributed by atoms with E-state index in [-0.39, 0.29) is 24.5 Å². The third-order valence-corrected chi connectivity index (χ3v) is 5.58. The first-order chi connectivity index (χ1) is 10.1. The molecule has 0 radical (unpaired) electrons. The molecular formula is C16H29ClN3O2-. The Morgan fingerprint density at radius 2 is 1.64 bits per heavy atom. The highest BCUT2D eigenvalue weighted by atomic mass is 35.5. The van der Waals surface area contributed by atoms with Crippen LogP contribution in [-0.2, 0) is 9.53 Å². The first-order valence-corrected chi connectivity index (χ1v) is 8.44. The minimum Gasteiger partial charge on any atom is -1.00 e. The van der Waals surface area contributed by atoms with Crippen LogP contribution >= 0.6 is 0 Å². The number of piperazine rings is 1. The Balaban J connectivity index is 0.00000176. The molecule has 3 heterocycles. The van der Waals surface area contributed by atoms with Gasteiger partial charge in [0.25, 0.3) is 0 Å². The van der Waals surface area contributed by atoms with Crippen LogP contribution in [0.2, 0.25) is 0 Å². The van der Waals surface area contributed by atoms with E-state index in [0.29, 0.717) is 18.5 Å². The lowest BCUT2D eigenvalue weighted by molar-refractivity contribution is -0.152. The van der Waals surface area contributed by atoms with Crippen LogP contribution in [0.1, 0.15) is 32.1 Å². The van der Waals surface area contributed by atoms with E-state index in [1.165, 1.54) is 12.8 Å². The molecule has 3 aliphatic rings.